The number of nitrogens with one attached hydrogen (secondary N) is 1. The van der Waals surface area contributed by atoms with Crippen molar-refractivity contribution in [3.8, 4) is 0 Å². The second-order valence-electron chi connectivity index (χ2n) is 13.2. The maximum absolute atomic E-state index is 13.6. The average Bonchev–Trinajstić information content (AvgIpc) is 3.40. The molecule has 3 heterocycles. The molecule has 47 heavy (non-hydrogen) atoms. The Bertz CT molecular complexity index is 1770. The van der Waals surface area contributed by atoms with Gasteiger partial charge in [-0.3, -0.25) is 14.3 Å². The predicted octanol–water partition coefficient (Wildman–Crippen LogP) is 6.00. The first-order valence-electron chi connectivity index (χ1n) is 15.5. The summed E-state index contributed by atoms with van der Waals surface area (Å²) in [6.07, 6.45) is -4.36. The van der Waals surface area contributed by atoms with E-state index in [1.807, 2.05) is 43.3 Å². The summed E-state index contributed by atoms with van der Waals surface area (Å²) < 4.78 is 49.6. The monoisotopic (exact) mass is 680 g/mol. The van der Waals surface area contributed by atoms with E-state index in [1.54, 1.807) is 4.68 Å². The molecule has 0 unspecified atom stereocenters. The van der Waals surface area contributed by atoms with E-state index in [9.17, 15) is 22.8 Å². The molecule has 246 valence electrons. The SMILES string of the molecule is C[C@@H]1Cc2nn3c(c2CN1C(=O)c1ccc(Cl)c(C(F)(F)F)c1)C(=O)NC[C@H]3CO[Si](c1ccccc1)(c1ccccc1)C(C)(C)C. The van der Waals surface area contributed by atoms with Gasteiger partial charge in [-0.15, -0.1) is 0 Å². The number of carbonyl (C=O) groups is 2. The molecule has 2 atom stereocenters. The van der Waals surface area contributed by atoms with Gasteiger partial charge in [-0.1, -0.05) is 93.0 Å². The number of rotatable bonds is 6. The van der Waals surface area contributed by atoms with Gasteiger partial charge >= 0.3 is 6.18 Å². The highest BCUT2D eigenvalue weighted by molar-refractivity contribution is 6.99. The van der Waals surface area contributed by atoms with Gasteiger partial charge in [-0.2, -0.15) is 18.3 Å². The number of carbonyl (C=O) groups excluding carboxylic acids is 2. The summed E-state index contributed by atoms with van der Waals surface area (Å²) in [7, 11) is -2.88. The molecular formula is C35H36ClF3N4O3Si. The van der Waals surface area contributed by atoms with Crippen molar-refractivity contribution in [2.75, 3.05) is 13.2 Å². The number of nitrogens with zero attached hydrogens (tertiary/aromatic N) is 3. The summed E-state index contributed by atoms with van der Waals surface area (Å²) in [6.45, 7) is 9.05. The van der Waals surface area contributed by atoms with Crippen molar-refractivity contribution in [2.24, 2.45) is 0 Å². The van der Waals surface area contributed by atoms with E-state index < -0.39 is 31.0 Å². The largest absolute Gasteiger partial charge is 0.417 e. The summed E-state index contributed by atoms with van der Waals surface area (Å²) in [5, 5.41) is 9.43. The average molecular weight is 681 g/mol. The second-order valence-corrected chi connectivity index (χ2v) is 17.9. The molecule has 0 fully saturated rings. The second kappa shape index (κ2) is 12.3. The first-order chi connectivity index (χ1) is 22.2. The molecule has 1 N–H and O–H groups in total. The lowest BCUT2D eigenvalue weighted by atomic mass is 9.97. The van der Waals surface area contributed by atoms with Gasteiger partial charge in [-0.25, -0.2) is 0 Å². The number of aromatic nitrogens is 2. The highest BCUT2D eigenvalue weighted by Crippen LogP contribution is 2.39. The lowest BCUT2D eigenvalue weighted by Crippen LogP contribution is -2.67. The maximum atomic E-state index is 13.6. The van der Waals surface area contributed by atoms with Gasteiger partial charge in [0, 0.05) is 30.1 Å². The van der Waals surface area contributed by atoms with Crippen molar-refractivity contribution in [3.63, 3.8) is 0 Å². The number of halogens is 4. The van der Waals surface area contributed by atoms with E-state index >= 15 is 0 Å². The maximum Gasteiger partial charge on any atom is 0.417 e. The van der Waals surface area contributed by atoms with Gasteiger partial charge in [0.15, 0.2) is 0 Å². The van der Waals surface area contributed by atoms with Crippen LogP contribution < -0.4 is 15.7 Å². The predicted molar refractivity (Wildman–Crippen MR) is 177 cm³/mol. The van der Waals surface area contributed by atoms with Crippen LogP contribution in [0, 0.1) is 0 Å². The third-order valence-electron chi connectivity index (χ3n) is 9.19. The zero-order valence-corrected chi connectivity index (χ0v) is 28.3. The highest BCUT2D eigenvalue weighted by atomic mass is 35.5. The van der Waals surface area contributed by atoms with Crippen molar-refractivity contribution in [3.05, 3.63) is 112 Å². The van der Waals surface area contributed by atoms with E-state index in [4.69, 9.17) is 21.1 Å². The Morgan fingerprint density at radius 1 is 1.02 bits per heavy atom. The van der Waals surface area contributed by atoms with Crippen LogP contribution in [0.15, 0.2) is 78.9 Å². The molecule has 2 aliphatic rings. The fraction of sp³-hybridized carbons (Fsp3) is 0.343. The summed E-state index contributed by atoms with van der Waals surface area (Å²) >= 11 is 5.80. The van der Waals surface area contributed by atoms with E-state index in [1.165, 1.54) is 11.0 Å². The van der Waals surface area contributed by atoms with Gasteiger partial charge in [0.1, 0.15) is 5.69 Å². The fourth-order valence-electron chi connectivity index (χ4n) is 6.87. The van der Waals surface area contributed by atoms with Crippen LogP contribution in [0.5, 0.6) is 0 Å². The van der Waals surface area contributed by atoms with Crippen LogP contribution in [0.2, 0.25) is 10.1 Å². The number of hydrogen-bond acceptors (Lipinski definition) is 4. The molecule has 0 spiro atoms. The van der Waals surface area contributed by atoms with Gasteiger partial charge in [0.25, 0.3) is 20.1 Å². The third-order valence-corrected chi connectivity index (χ3v) is 14.5. The van der Waals surface area contributed by atoms with Crippen molar-refractivity contribution in [1.29, 1.82) is 0 Å². The van der Waals surface area contributed by atoms with Crippen LogP contribution in [0.3, 0.4) is 0 Å². The molecule has 3 aromatic carbocycles. The molecule has 0 radical (unpaired) electrons. The molecule has 2 amide bonds. The molecule has 0 aliphatic carbocycles. The zero-order chi connectivity index (χ0) is 33.7. The minimum absolute atomic E-state index is 0.0321. The quantitative estimate of drug-likeness (QED) is 0.254. The minimum atomic E-state index is -4.71. The Morgan fingerprint density at radius 2 is 1.64 bits per heavy atom. The fourth-order valence-corrected chi connectivity index (χ4v) is 11.7. The molecular weight excluding hydrogens is 645 g/mol. The lowest BCUT2D eigenvalue weighted by Gasteiger charge is -2.44. The van der Waals surface area contributed by atoms with Gasteiger partial charge in [0.2, 0.25) is 0 Å². The van der Waals surface area contributed by atoms with Crippen LogP contribution in [0.25, 0.3) is 0 Å². The van der Waals surface area contributed by atoms with Crippen LogP contribution in [-0.2, 0) is 23.6 Å². The Hall–Kier alpha value is -3.93. The molecule has 4 aromatic rings. The zero-order valence-electron chi connectivity index (χ0n) is 26.6. The molecule has 1 aromatic heterocycles. The molecule has 6 rings (SSSR count). The standard InChI is InChI=1S/C35H36ClF3N4O3Si/c1-22-17-30-27(20-42(22)33(45)23-15-16-29(36)28(18-23)35(37,38)39)31-32(44)40-19-24(43(31)41-30)21-46-47(34(2,3)4,25-11-7-5-8-12-25)26-13-9-6-10-14-26/h5-16,18,22,24H,17,19-21H2,1-4H3,(H,40,44)/t22-,24+/m1/s1. The first-order valence-corrected chi connectivity index (χ1v) is 17.8. The molecule has 0 bridgehead atoms. The highest BCUT2D eigenvalue weighted by Gasteiger charge is 2.51. The lowest BCUT2D eigenvalue weighted by molar-refractivity contribution is -0.137. The van der Waals surface area contributed by atoms with Gasteiger partial charge in [0.05, 0.1) is 35.5 Å². The number of alkyl halides is 3. The Labute approximate surface area is 277 Å². The third kappa shape index (κ3) is 5.89. The Balaban J connectivity index is 1.33. The Kier molecular flexibility index (Phi) is 8.61. The summed E-state index contributed by atoms with van der Waals surface area (Å²) in [6, 6.07) is 23.0. The van der Waals surface area contributed by atoms with Crippen LogP contribution >= 0.6 is 11.6 Å². The van der Waals surface area contributed by atoms with E-state index in [0.717, 1.165) is 22.5 Å². The molecule has 0 saturated heterocycles. The van der Waals surface area contributed by atoms with Crippen LogP contribution in [0.1, 0.15) is 71.4 Å². The summed E-state index contributed by atoms with van der Waals surface area (Å²) in [5.41, 5.74) is 0.435. The van der Waals surface area contributed by atoms with Crippen LogP contribution in [0.4, 0.5) is 13.2 Å². The van der Waals surface area contributed by atoms with Crippen molar-refractivity contribution in [2.45, 2.75) is 64.0 Å². The molecule has 2 aliphatic heterocycles. The Morgan fingerprint density at radius 3 is 2.21 bits per heavy atom. The summed E-state index contributed by atoms with van der Waals surface area (Å²) in [5.74, 6) is -0.888. The molecule has 7 nitrogen and oxygen atoms in total. The molecule has 0 saturated carbocycles. The van der Waals surface area contributed by atoms with Crippen molar-refractivity contribution in [1.82, 2.24) is 20.0 Å². The number of hydrogen-bond donors (Lipinski definition) is 1. The van der Waals surface area contributed by atoms with E-state index in [0.29, 0.717) is 29.9 Å². The normalized spacial score (nSPS) is 18.4. The van der Waals surface area contributed by atoms with Crippen molar-refractivity contribution < 1.29 is 27.2 Å². The molecule has 12 heteroatoms. The van der Waals surface area contributed by atoms with Crippen LogP contribution in [-0.4, -0.2) is 54.0 Å². The van der Waals surface area contributed by atoms with E-state index in [2.05, 4.69) is 50.4 Å². The van der Waals surface area contributed by atoms with Crippen molar-refractivity contribution >= 4 is 42.1 Å². The summed E-state index contributed by atoms with van der Waals surface area (Å²) in [4.78, 5) is 28.4. The number of fused-ring (bicyclic) bond motifs is 3. The van der Waals surface area contributed by atoms with Gasteiger partial charge < -0.3 is 14.6 Å². The smallest absolute Gasteiger partial charge is 0.405 e. The van der Waals surface area contributed by atoms with Gasteiger partial charge in [-0.05, 0) is 40.5 Å². The minimum Gasteiger partial charge on any atom is -0.405 e. The number of amides is 2. The number of benzene rings is 3. The first kappa shape index (κ1) is 33.0. The van der Waals surface area contributed by atoms with E-state index in [-0.39, 0.29) is 41.7 Å². The topological polar surface area (TPSA) is 76.5 Å².